The highest BCUT2D eigenvalue weighted by Crippen LogP contribution is 2.36. The molecule has 0 N–H and O–H groups in total. The van der Waals surface area contributed by atoms with E-state index in [1.807, 2.05) is 42.5 Å². The van der Waals surface area contributed by atoms with Gasteiger partial charge in [0, 0.05) is 12.0 Å². The van der Waals surface area contributed by atoms with E-state index in [-0.39, 0.29) is 18.3 Å². The standard InChI is InChI=1S/C24H19FN2O3/c25-18-11-5-4-10-17(18)20-14-19(16-8-2-1-3-9-16)26-27(20)24(28)23-15-29-21-12-6-7-13-22(21)30-23/h1-13,20,23H,14-15H2. The topological polar surface area (TPSA) is 51.1 Å². The molecular weight excluding hydrogens is 383 g/mol. The number of hydrazone groups is 1. The van der Waals surface area contributed by atoms with Gasteiger partial charge < -0.3 is 9.47 Å². The molecule has 0 aromatic heterocycles. The van der Waals surface area contributed by atoms with Crippen molar-refractivity contribution in [2.75, 3.05) is 6.61 Å². The van der Waals surface area contributed by atoms with E-state index in [4.69, 9.17) is 9.47 Å². The van der Waals surface area contributed by atoms with Crippen LogP contribution in [-0.2, 0) is 4.79 Å². The summed E-state index contributed by atoms with van der Waals surface area (Å²) in [7, 11) is 0. The molecule has 0 spiro atoms. The van der Waals surface area contributed by atoms with E-state index in [1.54, 1.807) is 30.3 Å². The normalized spacial score (nSPS) is 20.0. The highest BCUT2D eigenvalue weighted by Gasteiger charge is 2.40. The summed E-state index contributed by atoms with van der Waals surface area (Å²) in [6.07, 6.45) is -0.436. The molecule has 0 bridgehead atoms. The van der Waals surface area contributed by atoms with Crippen LogP contribution in [0.5, 0.6) is 11.5 Å². The molecule has 0 radical (unpaired) electrons. The molecule has 150 valence electrons. The Bertz CT molecular complexity index is 1120. The van der Waals surface area contributed by atoms with Gasteiger partial charge in [-0.1, -0.05) is 60.7 Å². The predicted octanol–water partition coefficient (Wildman–Crippen LogP) is 4.34. The summed E-state index contributed by atoms with van der Waals surface area (Å²) in [5.74, 6) is 0.387. The SMILES string of the molecule is O=C(C1COc2ccccc2O1)N1N=C(c2ccccc2)CC1c1ccccc1F. The van der Waals surface area contributed by atoms with Crippen LogP contribution >= 0.6 is 0 Å². The lowest BCUT2D eigenvalue weighted by atomic mass is 9.98. The number of carbonyl (C=O) groups excluding carboxylic acids is 1. The molecular formula is C24H19FN2O3. The van der Waals surface area contributed by atoms with E-state index >= 15 is 0 Å². The van der Waals surface area contributed by atoms with Gasteiger partial charge >= 0.3 is 0 Å². The summed E-state index contributed by atoms with van der Waals surface area (Å²) in [4.78, 5) is 13.4. The van der Waals surface area contributed by atoms with E-state index in [9.17, 15) is 9.18 Å². The van der Waals surface area contributed by atoms with Gasteiger partial charge in [-0.15, -0.1) is 0 Å². The molecule has 0 saturated carbocycles. The van der Waals surface area contributed by atoms with Gasteiger partial charge in [-0.2, -0.15) is 5.10 Å². The lowest BCUT2D eigenvalue weighted by molar-refractivity contribution is -0.143. The fraction of sp³-hybridized carbons (Fsp3) is 0.167. The molecule has 0 aliphatic carbocycles. The summed E-state index contributed by atoms with van der Waals surface area (Å²) < 4.78 is 26.2. The lowest BCUT2D eigenvalue weighted by Gasteiger charge is -2.30. The third-order valence-electron chi connectivity index (χ3n) is 5.29. The second-order valence-corrected chi connectivity index (χ2v) is 7.20. The molecule has 0 fully saturated rings. The number of nitrogens with zero attached hydrogens (tertiary/aromatic N) is 2. The summed E-state index contributed by atoms with van der Waals surface area (Å²) in [5.41, 5.74) is 2.06. The highest BCUT2D eigenvalue weighted by molar-refractivity contribution is 6.03. The van der Waals surface area contributed by atoms with Gasteiger partial charge in [0.05, 0.1) is 11.8 Å². The van der Waals surface area contributed by atoms with Crippen molar-refractivity contribution in [3.63, 3.8) is 0 Å². The molecule has 2 unspecified atom stereocenters. The van der Waals surface area contributed by atoms with Crippen molar-refractivity contribution in [2.45, 2.75) is 18.6 Å². The summed E-state index contributed by atoms with van der Waals surface area (Å²) in [6, 6.07) is 22.8. The van der Waals surface area contributed by atoms with E-state index in [1.165, 1.54) is 11.1 Å². The Morgan fingerprint density at radius 2 is 1.63 bits per heavy atom. The van der Waals surface area contributed by atoms with E-state index in [0.29, 0.717) is 23.5 Å². The Kier molecular flexibility index (Phi) is 4.67. The van der Waals surface area contributed by atoms with E-state index in [2.05, 4.69) is 5.10 Å². The second kappa shape index (κ2) is 7.63. The summed E-state index contributed by atoms with van der Waals surface area (Å²) in [6.45, 7) is 0.0759. The average molecular weight is 402 g/mol. The van der Waals surface area contributed by atoms with Crippen molar-refractivity contribution in [1.82, 2.24) is 5.01 Å². The van der Waals surface area contributed by atoms with Crippen LogP contribution in [0, 0.1) is 5.82 Å². The maximum Gasteiger partial charge on any atom is 0.287 e. The molecule has 2 aliphatic heterocycles. The smallest absolute Gasteiger partial charge is 0.287 e. The van der Waals surface area contributed by atoms with Gasteiger partial charge in [-0.05, 0) is 23.8 Å². The first-order chi connectivity index (χ1) is 14.7. The van der Waals surface area contributed by atoms with Gasteiger partial charge in [-0.25, -0.2) is 9.40 Å². The maximum atomic E-state index is 14.6. The number of hydrogen-bond acceptors (Lipinski definition) is 4. The third kappa shape index (κ3) is 3.30. The minimum Gasteiger partial charge on any atom is -0.485 e. The quantitative estimate of drug-likeness (QED) is 0.655. The lowest BCUT2D eigenvalue weighted by Crippen LogP contribution is -2.44. The number of amides is 1. The number of hydrogen-bond donors (Lipinski definition) is 0. The van der Waals surface area contributed by atoms with Crippen LogP contribution in [0.3, 0.4) is 0 Å². The molecule has 1 amide bonds. The van der Waals surface area contributed by atoms with Crippen LogP contribution in [-0.4, -0.2) is 29.3 Å². The molecule has 30 heavy (non-hydrogen) atoms. The Labute approximate surface area is 173 Å². The zero-order chi connectivity index (χ0) is 20.5. The number of rotatable bonds is 3. The van der Waals surface area contributed by atoms with Crippen LogP contribution in [0.2, 0.25) is 0 Å². The van der Waals surface area contributed by atoms with Gasteiger partial charge in [-0.3, -0.25) is 4.79 Å². The number of fused-ring (bicyclic) bond motifs is 1. The van der Waals surface area contributed by atoms with Crippen LogP contribution in [0.15, 0.2) is 84.0 Å². The van der Waals surface area contributed by atoms with Crippen LogP contribution < -0.4 is 9.47 Å². The van der Waals surface area contributed by atoms with Crippen molar-refractivity contribution in [1.29, 1.82) is 0 Å². The number of carbonyl (C=O) groups is 1. The number of ether oxygens (including phenoxy) is 2. The third-order valence-corrected chi connectivity index (χ3v) is 5.29. The van der Waals surface area contributed by atoms with Gasteiger partial charge in [0.2, 0.25) is 6.10 Å². The first-order valence-electron chi connectivity index (χ1n) is 9.79. The molecule has 6 heteroatoms. The molecule has 2 atom stereocenters. The van der Waals surface area contributed by atoms with Gasteiger partial charge in [0.15, 0.2) is 11.5 Å². The molecule has 2 aliphatic rings. The first kappa shape index (κ1) is 18.4. The van der Waals surface area contributed by atoms with Crippen molar-refractivity contribution >= 4 is 11.6 Å². The monoisotopic (exact) mass is 402 g/mol. The molecule has 5 rings (SSSR count). The number of halogens is 1. The Balaban J connectivity index is 1.48. The number of para-hydroxylation sites is 2. The van der Waals surface area contributed by atoms with E-state index in [0.717, 1.165) is 11.3 Å². The molecule has 0 saturated heterocycles. The van der Waals surface area contributed by atoms with Gasteiger partial charge in [0.25, 0.3) is 5.91 Å². The minimum absolute atomic E-state index is 0.0759. The van der Waals surface area contributed by atoms with Crippen LogP contribution in [0.25, 0.3) is 0 Å². The summed E-state index contributed by atoms with van der Waals surface area (Å²) >= 11 is 0. The van der Waals surface area contributed by atoms with Crippen LogP contribution in [0.1, 0.15) is 23.6 Å². The van der Waals surface area contributed by atoms with E-state index < -0.39 is 12.1 Å². The maximum absolute atomic E-state index is 14.6. The Morgan fingerprint density at radius 1 is 0.933 bits per heavy atom. The van der Waals surface area contributed by atoms with Crippen molar-refractivity contribution < 1.29 is 18.7 Å². The van der Waals surface area contributed by atoms with Crippen molar-refractivity contribution in [3.8, 4) is 11.5 Å². The fourth-order valence-corrected chi connectivity index (χ4v) is 3.79. The zero-order valence-electron chi connectivity index (χ0n) is 16.1. The molecule has 2 heterocycles. The Hall–Kier alpha value is -3.67. The molecule has 5 nitrogen and oxygen atoms in total. The predicted molar refractivity (Wildman–Crippen MR) is 110 cm³/mol. The minimum atomic E-state index is -0.854. The van der Waals surface area contributed by atoms with Crippen molar-refractivity contribution in [3.05, 3.63) is 95.8 Å². The average Bonchev–Trinajstić information content (AvgIpc) is 3.24. The number of benzene rings is 3. The van der Waals surface area contributed by atoms with Crippen molar-refractivity contribution in [2.24, 2.45) is 5.10 Å². The van der Waals surface area contributed by atoms with Gasteiger partial charge in [0.1, 0.15) is 12.4 Å². The molecule has 3 aromatic carbocycles. The largest absolute Gasteiger partial charge is 0.485 e. The molecule has 3 aromatic rings. The fourth-order valence-electron chi connectivity index (χ4n) is 3.79. The Morgan fingerprint density at radius 3 is 2.43 bits per heavy atom. The highest BCUT2D eigenvalue weighted by atomic mass is 19.1. The zero-order valence-corrected chi connectivity index (χ0v) is 16.1. The second-order valence-electron chi connectivity index (χ2n) is 7.20. The van der Waals surface area contributed by atoms with Crippen LogP contribution in [0.4, 0.5) is 4.39 Å². The first-order valence-corrected chi connectivity index (χ1v) is 9.79. The summed E-state index contributed by atoms with van der Waals surface area (Å²) in [5, 5.41) is 5.94.